The van der Waals surface area contributed by atoms with E-state index in [4.69, 9.17) is 11.6 Å². The van der Waals surface area contributed by atoms with Gasteiger partial charge < -0.3 is 10.0 Å². The first-order valence-corrected chi connectivity index (χ1v) is 10.9. The highest BCUT2D eigenvalue weighted by Gasteiger charge is 2.51. The molecule has 0 saturated heterocycles. The van der Waals surface area contributed by atoms with Gasteiger partial charge in [0.15, 0.2) is 11.4 Å². The molecule has 7 heteroatoms. The fourth-order valence-corrected chi connectivity index (χ4v) is 5.01. The fourth-order valence-electron chi connectivity index (χ4n) is 3.51. The second-order valence-electron chi connectivity index (χ2n) is 7.10. The van der Waals surface area contributed by atoms with Crippen molar-refractivity contribution in [3.05, 3.63) is 85.0 Å². The molecular formula is C22H17BrClNO3S. The molecule has 4 nitrogen and oxygen atoms in total. The van der Waals surface area contributed by atoms with Crippen molar-refractivity contribution >= 4 is 56.2 Å². The maximum Gasteiger partial charge on any atom is 0.264 e. The molecule has 1 atom stereocenters. The fraction of sp³-hybridized carbons (Fsp3) is 0.182. The van der Waals surface area contributed by atoms with Crippen LogP contribution in [0.15, 0.2) is 58.4 Å². The van der Waals surface area contributed by atoms with E-state index in [1.54, 1.807) is 30.3 Å². The summed E-state index contributed by atoms with van der Waals surface area (Å²) in [7, 11) is 0. The largest absolute Gasteiger partial charge is 0.375 e. The summed E-state index contributed by atoms with van der Waals surface area (Å²) >= 11 is 10.8. The smallest absolute Gasteiger partial charge is 0.264 e. The zero-order valence-corrected chi connectivity index (χ0v) is 18.6. The first-order valence-electron chi connectivity index (χ1n) is 8.96. The second-order valence-corrected chi connectivity index (χ2v) is 10.0. The van der Waals surface area contributed by atoms with E-state index in [1.165, 1.54) is 16.2 Å². The van der Waals surface area contributed by atoms with Crippen LogP contribution in [0.25, 0.3) is 0 Å². The van der Waals surface area contributed by atoms with Gasteiger partial charge in [-0.15, -0.1) is 11.3 Å². The molecule has 1 amide bonds. The molecule has 1 aromatic heterocycles. The van der Waals surface area contributed by atoms with Crippen molar-refractivity contribution in [1.29, 1.82) is 0 Å². The van der Waals surface area contributed by atoms with Crippen molar-refractivity contribution in [2.24, 2.45) is 0 Å². The summed E-state index contributed by atoms with van der Waals surface area (Å²) in [4.78, 5) is 28.1. The molecule has 148 valence electrons. The number of halogens is 2. The SMILES string of the molecule is Cc1ccc(CN2C(=O)[C@@](O)(CC(=O)c3ccc(Br)s3)c3cc(Cl)ccc32)cc1. The molecule has 1 aliphatic heterocycles. The van der Waals surface area contributed by atoms with Crippen LogP contribution in [0.2, 0.25) is 5.02 Å². The van der Waals surface area contributed by atoms with Gasteiger partial charge in [-0.1, -0.05) is 41.4 Å². The maximum absolute atomic E-state index is 13.3. The third kappa shape index (κ3) is 3.78. The first kappa shape index (κ1) is 20.3. The standard InChI is InChI=1S/C22H17BrClNO3S/c1-13-2-4-14(5-3-13)12-25-17-7-6-15(24)10-16(17)22(28,21(25)27)11-18(26)19-8-9-20(23)29-19/h2-10,28H,11-12H2,1H3/t22-/m1/s1. The number of thiophene rings is 1. The van der Waals surface area contributed by atoms with Crippen molar-refractivity contribution in [3.8, 4) is 0 Å². The van der Waals surface area contributed by atoms with E-state index in [1.807, 2.05) is 31.2 Å². The Hall–Kier alpha value is -1.99. The molecule has 2 heterocycles. The minimum Gasteiger partial charge on any atom is -0.375 e. The lowest BCUT2D eigenvalue weighted by Gasteiger charge is -2.22. The average molecular weight is 491 g/mol. The minimum atomic E-state index is -1.95. The highest BCUT2D eigenvalue weighted by molar-refractivity contribution is 9.11. The Kier molecular flexibility index (Phi) is 5.38. The molecule has 4 rings (SSSR count). The predicted molar refractivity (Wildman–Crippen MR) is 119 cm³/mol. The van der Waals surface area contributed by atoms with E-state index >= 15 is 0 Å². The van der Waals surface area contributed by atoms with E-state index in [0.717, 1.165) is 14.9 Å². The van der Waals surface area contributed by atoms with Gasteiger partial charge in [-0.2, -0.15) is 0 Å². The van der Waals surface area contributed by atoms with E-state index < -0.39 is 11.5 Å². The average Bonchev–Trinajstić information content (AvgIpc) is 3.20. The van der Waals surface area contributed by atoms with E-state index in [2.05, 4.69) is 15.9 Å². The Labute approximate surface area is 185 Å². The van der Waals surface area contributed by atoms with Crippen molar-refractivity contribution in [2.45, 2.75) is 25.5 Å². The van der Waals surface area contributed by atoms with Gasteiger partial charge >= 0.3 is 0 Å². The van der Waals surface area contributed by atoms with E-state index in [0.29, 0.717) is 27.7 Å². The van der Waals surface area contributed by atoms with Gasteiger partial charge in [0.05, 0.1) is 27.3 Å². The third-order valence-corrected chi connectivity index (χ3v) is 6.92. The number of rotatable bonds is 5. The molecule has 1 N–H and O–H groups in total. The molecule has 0 spiro atoms. The van der Waals surface area contributed by atoms with Crippen molar-refractivity contribution in [2.75, 3.05) is 4.90 Å². The maximum atomic E-state index is 13.3. The van der Waals surface area contributed by atoms with Gasteiger partial charge in [0.1, 0.15) is 0 Å². The van der Waals surface area contributed by atoms with Crippen LogP contribution in [0.5, 0.6) is 0 Å². The number of Topliss-reactive ketones (excluding diaryl/α,β-unsaturated/α-hetero) is 1. The monoisotopic (exact) mass is 489 g/mol. The molecule has 2 aromatic carbocycles. The van der Waals surface area contributed by atoms with Crippen LogP contribution >= 0.6 is 38.9 Å². The van der Waals surface area contributed by atoms with Gasteiger partial charge in [-0.25, -0.2) is 0 Å². The predicted octanol–water partition coefficient (Wildman–Crippen LogP) is 5.48. The summed E-state index contributed by atoms with van der Waals surface area (Å²) < 4.78 is 0.815. The molecule has 0 aliphatic carbocycles. The summed E-state index contributed by atoms with van der Waals surface area (Å²) in [6, 6.07) is 16.3. The van der Waals surface area contributed by atoms with Crippen LogP contribution < -0.4 is 4.90 Å². The molecule has 0 bridgehead atoms. The van der Waals surface area contributed by atoms with Crippen LogP contribution in [-0.4, -0.2) is 16.8 Å². The minimum absolute atomic E-state index is 0.292. The van der Waals surface area contributed by atoms with Gasteiger partial charge in [-0.3, -0.25) is 9.59 Å². The van der Waals surface area contributed by atoms with Crippen molar-refractivity contribution in [3.63, 3.8) is 0 Å². The molecular weight excluding hydrogens is 474 g/mol. The van der Waals surface area contributed by atoms with Crippen molar-refractivity contribution < 1.29 is 14.7 Å². The van der Waals surface area contributed by atoms with E-state index in [9.17, 15) is 14.7 Å². The number of aryl methyl sites for hydroxylation is 1. The van der Waals surface area contributed by atoms with Crippen molar-refractivity contribution in [1.82, 2.24) is 0 Å². The molecule has 0 saturated carbocycles. The number of aliphatic hydroxyl groups is 1. The highest BCUT2D eigenvalue weighted by atomic mass is 79.9. The number of ketones is 1. The zero-order valence-electron chi connectivity index (χ0n) is 15.5. The lowest BCUT2D eigenvalue weighted by molar-refractivity contribution is -0.136. The van der Waals surface area contributed by atoms with Crippen LogP contribution in [-0.2, 0) is 16.9 Å². The highest BCUT2D eigenvalue weighted by Crippen LogP contribution is 2.45. The van der Waals surface area contributed by atoms with Crippen LogP contribution in [0.3, 0.4) is 0 Å². The number of carbonyl (C=O) groups excluding carboxylic acids is 2. The number of anilines is 1. The summed E-state index contributed by atoms with van der Waals surface area (Å²) in [5, 5.41) is 11.8. The normalized spacial score (nSPS) is 18.2. The number of carbonyl (C=O) groups is 2. The van der Waals surface area contributed by atoms with Gasteiger partial charge in [0, 0.05) is 10.6 Å². The molecule has 0 radical (unpaired) electrons. The number of hydrogen-bond acceptors (Lipinski definition) is 4. The molecule has 1 aliphatic rings. The zero-order chi connectivity index (χ0) is 20.8. The lowest BCUT2D eigenvalue weighted by atomic mass is 9.89. The van der Waals surface area contributed by atoms with Crippen LogP contribution in [0.1, 0.15) is 32.8 Å². The van der Waals surface area contributed by atoms with Gasteiger partial charge in [0.25, 0.3) is 5.91 Å². The van der Waals surface area contributed by atoms with Crippen LogP contribution in [0.4, 0.5) is 5.69 Å². The summed E-state index contributed by atoms with van der Waals surface area (Å²) in [5.41, 5.74) is 1.05. The number of nitrogens with zero attached hydrogens (tertiary/aromatic N) is 1. The number of fused-ring (bicyclic) bond motifs is 1. The quantitative estimate of drug-likeness (QED) is 0.482. The third-order valence-electron chi connectivity index (χ3n) is 5.02. The molecule has 3 aromatic rings. The van der Waals surface area contributed by atoms with Gasteiger partial charge in [0.2, 0.25) is 0 Å². The van der Waals surface area contributed by atoms with E-state index in [-0.39, 0.29) is 12.2 Å². The second kappa shape index (κ2) is 7.69. The Morgan fingerprint density at radius 3 is 2.55 bits per heavy atom. The number of benzene rings is 2. The Bertz CT molecular complexity index is 1110. The summed E-state index contributed by atoms with van der Waals surface area (Å²) in [5.74, 6) is -0.807. The molecule has 0 unspecified atom stereocenters. The molecule has 0 fully saturated rings. The Balaban J connectivity index is 1.71. The topological polar surface area (TPSA) is 57.6 Å². The Morgan fingerprint density at radius 1 is 1.17 bits per heavy atom. The van der Waals surface area contributed by atoms with Crippen LogP contribution in [0, 0.1) is 6.92 Å². The van der Waals surface area contributed by atoms with Gasteiger partial charge in [-0.05, 0) is 58.7 Å². The summed E-state index contributed by atoms with van der Waals surface area (Å²) in [6.07, 6.45) is -0.337. The molecule has 29 heavy (non-hydrogen) atoms. The number of amides is 1. The first-order chi connectivity index (χ1) is 13.8. The summed E-state index contributed by atoms with van der Waals surface area (Å²) in [6.45, 7) is 2.30. The Morgan fingerprint density at radius 2 is 1.90 bits per heavy atom. The lowest BCUT2D eigenvalue weighted by Crippen LogP contribution is -2.41. The number of hydrogen-bond donors (Lipinski definition) is 1.